The minimum Gasteiger partial charge on any atom is -0.300 e. The van der Waals surface area contributed by atoms with Crippen molar-refractivity contribution in [2.75, 3.05) is 0 Å². The predicted molar refractivity (Wildman–Crippen MR) is 76.9 cm³/mol. The van der Waals surface area contributed by atoms with E-state index >= 15 is 0 Å². The smallest absolute Gasteiger partial charge is 0.139 e. The zero-order chi connectivity index (χ0) is 14.0. The first kappa shape index (κ1) is 14.7. The van der Waals surface area contributed by atoms with Gasteiger partial charge in [0.15, 0.2) is 0 Å². The minimum absolute atomic E-state index is 0.0532. The van der Waals surface area contributed by atoms with Gasteiger partial charge in [0.2, 0.25) is 0 Å². The second-order valence-corrected chi connectivity index (χ2v) is 7.65. The lowest BCUT2D eigenvalue weighted by Gasteiger charge is -2.37. The molecule has 0 spiro atoms. The summed E-state index contributed by atoms with van der Waals surface area (Å²) < 4.78 is 0. The molecule has 1 atom stereocenters. The van der Waals surface area contributed by atoms with E-state index in [0.717, 1.165) is 31.6 Å². The van der Waals surface area contributed by atoms with Crippen molar-refractivity contribution in [3.05, 3.63) is 0 Å². The predicted octanol–water partition coefficient (Wildman–Crippen LogP) is 4.17. The van der Waals surface area contributed by atoms with E-state index in [0.29, 0.717) is 29.8 Å². The Morgan fingerprint density at radius 3 is 2.16 bits per heavy atom. The van der Waals surface area contributed by atoms with Gasteiger partial charge >= 0.3 is 0 Å². The highest BCUT2D eigenvalue weighted by molar-refractivity contribution is 5.90. The van der Waals surface area contributed by atoms with Crippen LogP contribution in [-0.2, 0) is 9.59 Å². The van der Waals surface area contributed by atoms with Gasteiger partial charge in [0.25, 0.3) is 0 Å². The van der Waals surface area contributed by atoms with E-state index in [2.05, 4.69) is 20.8 Å². The monoisotopic (exact) mass is 264 g/mol. The van der Waals surface area contributed by atoms with Gasteiger partial charge in [-0.15, -0.1) is 0 Å². The summed E-state index contributed by atoms with van der Waals surface area (Å²) in [5, 5.41) is 0. The van der Waals surface area contributed by atoms with Gasteiger partial charge in [0, 0.05) is 24.7 Å². The summed E-state index contributed by atoms with van der Waals surface area (Å²) >= 11 is 0. The van der Waals surface area contributed by atoms with E-state index in [4.69, 9.17) is 0 Å². The van der Waals surface area contributed by atoms with Gasteiger partial charge in [-0.25, -0.2) is 0 Å². The largest absolute Gasteiger partial charge is 0.300 e. The number of carbonyl (C=O) groups excluding carboxylic acids is 2. The minimum atomic E-state index is 0.0532. The summed E-state index contributed by atoms with van der Waals surface area (Å²) in [6.07, 6.45) is 7.55. The van der Waals surface area contributed by atoms with Crippen LogP contribution in [-0.4, -0.2) is 11.6 Å². The highest BCUT2D eigenvalue weighted by Gasteiger charge is 2.35. The first-order valence-corrected chi connectivity index (χ1v) is 7.93. The molecule has 0 radical (unpaired) electrons. The topological polar surface area (TPSA) is 34.1 Å². The quantitative estimate of drug-likeness (QED) is 0.750. The van der Waals surface area contributed by atoms with E-state index in [1.54, 1.807) is 0 Å². The number of hydrogen-bond acceptors (Lipinski definition) is 2. The summed E-state index contributed by atoms with van der Waals surface area (Å²) in [5.41, 5.74) is 0.370. The molecule has 0 aromatic heterocycles. The van der Waals surface area contributed by atoms with E-state index < -0.39 is 0 Å². The molecule has 1 unspecified atom stereocenters. The molecule has 2 aliphatic carbocycles. The standard InChI is InChI=1S/C17H28O2/c1-17(2,3)14-9-7-12(8-10-14)16(19)13-5-4-6-15(18)11-13/h12-14H,4-11H2,1-3H3. The molecule has 0 saturated heterocycles. The lowest BCUT2D eigenvalue weighted by atomic mass is 9.67. The Labute approximate surface area is 117 Å². The third-order valence-corrected chi connectivity index (χ3v) is 5.24. The highest BCUT2D eigenvalue weighted by Crippen LogP contribution is 2.41. The third kappa shape index (κ3) is 3.67. The van der Waals surface area contributed by atoms with Crippen LogP contribution in [0.2, 0.25) is 0 Å². The second kappa shape index (κ2) is 5.76. The fourth-order valence-electron chi connectivity index (χ4n) is 3.84. The van der Waals surface area contributed by atoms with Crippen LogP contribution in [0.1, 0.15) is 72.1 Å². The van der Waals surface area contributed by atoms with Crippen molar-refractivity contribution < 1.29 is 9.59 Å². The Morgan fingerprint density at radius 1 is 1.00 bits per heavy atom. The summed E-state index contributed by atoms with van der Waals surface area (Å²) in [6, 6.07) is 0. The van der Waals surface area contributed by atoms with Gasteiger partial charge in [0.05, 0.1) is 0 Å². The normalized spacial score (nSPS) is 33.2. The molecular weight excluding hydrogens is 236 g/mol. The van der Waals surface area contributed by atoms with E-state index in [1.807, 2.05) is 0 Å². The van der Waals surface area contributed by atoms with Crippen LogP contribution in [0.5, 0.6) is 0 Å². The van der Waals surface area contributed by atoms with E-state index in [1.165, 1.54) is 12.8 Å². The number of carbonyl (C=O) groups is 2. The van der Waals surface area contributed by atoms with Gasteiger partial charge in [-0.3, -0.25) is 9.59 Å². The zero-order valence-electron chi connectivity index (χ0n) is 12.7. The van der Waals surface area contributed by atoms with Crippen molar-refractivity contribution in [1.29, 1.82) is 0 Å². The number of hydrogen-bond donors (Lipinski definition) is 0. The summed E-state index contributed by atoms with van der Waals surface area (Å²) in [6.45, 7) is 6.92. The molecule has 2 rings (SSSR count). The third-order valence-electron chi connectivity index (χ3n) is 5.24. The van der Waals surface area contributed by atoms with Gasteiger partial charge < -0.3 is 0 Å². The molecule has 0 bridgehead atoms. The number of Topliss-reactive ketones (excluding diaryl/α,β-unsaturated/α-hetero) is 2. The van der Waals surface area contributed by atoms with E-state index in [9.17, 15) is 9.59 Å². The van der Waals surface area contributed by atoms with Crippen LogP contribution in [0, 0.1) is 23.2 Å². The molecule has 19 heavy (non-hydrogen) atoms. The van der Waals surface area contributed by atoms with Crippen LogP contribution >= 0.6 is 0 Å². The average molecular weight is 264 g/mol. The lowest BCUT2D eigenvalue weighted by molar-refractivity contribution is -0.133. The van der Waals surface area contributed by atoms with Crippen molar-refractivity contribution >= 4 is 11.6 Å². The van der Waals surface area contributed by atoms with Crippen LogP contribution in [0.3, 0.4) is 0 Å². The highest BCUT2D eigenvalue weighted by atomic mass is 16.1. The molecule has 2 nitrogen and oxygen atoms in total. The Kier molecular flexibility index (Phi) is 4.47. The molecule has 0 amide bonds. The summed E-state index contributed by atoms with van der Waals surface area (Å²) in [7, 11) is 0. The first-order chi connectivity index (χ1) is 8.88. The Balaban J connectivity index is 1.87. The fourth-order valence-corrected chi connectivity index (χ4v) is 3.84. The molecule has 2 heteroatoms. The first-order valence-electron chi connectivity index (χ1n) is 7.93. The van der Waals surface area contributed by atoms with Crippen molar-refractivity contribution in [2.45, 2.75) is 72.1 Å². The van der Waals surface area contributed by atoms with Gasteiger partial charge in [-0.05, 0) is 49.9 Å². The Hall–Kier alpha value is -0.660. The molecule has 0 aromatic rings. The molecule has 0 aromatic carbocycles. The molecule has 0 heterocycles. The molecule has 2 fully saturated rings. The lowest BCUT2D eigenvalue weighted by Crippen LogP contribution is -2.33. The molecule has 2 saturated carbocycles. The Morgan fingerprint density at radius 2 is 1.63 bits per heavy atom. The average Bonchev–Trinajstić information content (AvgIpc) is 2.37. The number of ketones is 2. The molecule has 0 aliphatic heterocycles. The van der Waals surface area contributed by atoms with Gasteiger partial charge in [-0.1, -0.05) is 20.8 Å². The van der Waals surface area contributed by atoms with Crippen LogP contribution in [0.4, 0.5) is 0 Å². The maximum absolute atomic E-state index is 12.5. The van der Waals surface area contributed by atoms with Crippen molar-refractivity contribution in [2.24, 2.45) is 23.2 Å². The molecule has 0 N–H and O–H groups in total. The zero-order valence-corrected chi connectivity index (χ0v) is 12.7. The van der Waals surface area contributed by atoms with E-state index in [-0.39, 0.29) is 11.8 Å². The van der Waals surface area contributed by atoms with Gasteiger partial charge in [0.1, 0.15) is 11.6 Å². The maximum atomic E-state index is 12.5. The van der Waals surface area contributed by atoms with Crippen molar-refractivity contribution in [3.63, 3.8) is 0 Å². The SMILES string of the molecule is CC(C)(C)C1CCC(C(=O)C2CCCC(=O)C2)CC1. The van der Waals surface area contributed by atoms with Crippen LogP contribution < -0.4 is 0 Å². The van der Waals surface area contributed by atoms with Crippen LogP contribution in [0.25, 0.3) is 0 Å². The van der Waals surface area contributed by atoms with Crippen molar-refractivity contribution in [1.82, 2.24) is 0 Å². The molecule has 2 aliphatic rings. The van der Waals surface area contributed by atoms with Crippen LogP contribution in [0.15, 0.2) is 0 Å². The Bertz CT molecular complexity index is 343. The summed E-state index contributed by atoms with van der Waals surface area (Å²) in [4.78, 5) is 24.0. The van der Waals surface area contributed by atoms with Crippen molar-refractivity contribution in [3.8, 4) is 0 Å². The van der Waals surface area contributed by atoms with Gasteiger partial charge in [-0.2, -0.15) is 0 Å². The fraction of sp³-hybridized carbons (Fsp3) is 0.882. The summed E-state index contributed by atoms with van der Waals surface area (Å²) in [5.74, 6) is 1.75. The molecular formula is C17H28O2. The second-order valence-electron chi connectivity index (χ2n) is 7.65. The number of rotatable bonds is 2. The maximum Gasteiger partial charge on any atom is 0.139 e. The molecule has 108 valence electrons.